The summed E-state index contributed by atoms with van der Waals surface area (Å²) in [5.74, 6) is 1.36. The van der Waals surface area contributed by atoms with Crippen LogP contribution in [-0.4, -0.2) is 14.2 Å². The lowest BCUT2D eigenvalue weighted by Gasteiger charge is -2.13. The Morgan fingerprint density at radius 1 is 1.06 bits per heavy atom. The van der Waals surface area contributed by atoms with Crippen molar-refractivity contribution in [2.45, 2.75) is 0 Å². The van der Waals surface area contributed by atoms with Crippen LogP contribution in [0.2, 0.25) is 5.02 Å². The van der Waals surface area contributed by atoms with Crippen LogP contribution in [0.1, 0.15) is 0 Å². The number of ether oxygens (including phenoxy) is 2. The summed E-state index contributed by atoms with van der Waals surface area (Å²) in [5, 5.41) is 0.525. The molecule has 0 aliphatic heterocycles. The van der Waals surface area contributed by atoms with Crippen molar-refractivity contribution in [2.24, 2.45) is 0 Å². The molecule has 94 valence electrons. The van der Waals surface area contributed by atoms with Crippen molar-refractivity contribution >= 4 is 17.3 Å². The Labute approximate surface area is 111 Å². The van der Waals surface area contributed by atoms with E-state index in [1.807, 2.05) is 30.3 Å². The molecule has 18 heavy (non-hydrogen) atoms. The normalized spacial score (nSPS) is 10.2. The topological polar surface area (TPSA) is 44.5 Å². The minimum Gasteiger partial charge on any atom is -0.493 e. The molecule has 0 amide bonds. The Balaban J connectivity index is 2.59. The fourth-order valence-corrected chi connectivity index (χ4v) is 1.99. The molecule has 0 atom stereocenters. The van der Waals surface area contributed by atoms with Gasteiger partial charge in [0.25, 0.3) is 0 Å². The van der Waals surface area contributed by atoms with Crippen LogP contribution in [-0.2, 0) is 0 Å². The van der Waals surface area contributed by atoms with E-state index in [1.54, 1.807) is 20.3 Å². The molecule has 0 saturated carbocycles. The number of halogens is 1. The summed E-state index contributed by atoms with van der Waals surface area (Å²) in [7, 11) is 3.22. The van der Waals surface area contributed by atoms with Gasteiger partial charge in [0.2, 0.25) is 0 Å². The first-order valence-electron chi connectivity index (χ1n) is 5.43. The molecule has 2 rings (SSSR count). The summed E-state index contributed by atoms with van der Waals surface area (Å²) in [6, 6.07) is 11.2. The van der Waals surface area contributed by atoms with E-state index in [2.05, 4.69) is 0 Å². The van der Waals surface area contributed by atoms with Crippen molar-refractivity contribution in [3.8, 4) is 22.6 Å². The number of methoxy groups -OCH3 is 2. The Bertz CT molecular complexity index is 570. The second-order valence-corrected chi connectivity index (χ2v) is 4.18. The summed E-state index contributed by atoms with van der Waals surface area (Å²) in [4.78, 5) is 0. The van der Waals surface area contributed by atoms with E-state index < -0.39 is 0 Å². The molecular weight excluding hydrogens is 250 g/mol. The molecule has 0 heterocycles. The summed E-state index contributed by atoms with van der Waals surface area (Å²) in [6.07, 6.45) is 0. The van der Waals surface area contributed by atoms with E-state index >= 15 is 0 Å². The molecule has 3 nitrogen and oxygen atoms in total. The molecule has 2 N–H and O–H groups in total. The first kappa shape index (κ1) is 12.6. The van der Waals surface area contributed by atoms with Crippen molar-refractivity contribution in [3.63, 3.8) is 0 Å². The van der Waals surface area contributed by atoms with E-state index in [0.717, 1.165) is 11.1 Å². The molecule has 0 fully saturated rings. The second-order valence-electron chi connectivity index (χ2n) is 3.78. The summed E-state index contributed by atoms with van der Waals surface area (Å²) >= 11 is 6.04. The molecule has 0 aliphatic rings. The Morgan fingerprint density at radius 2 is 1.83 bits per heavy atom. The van der Waals surface area contributed by atoms with Gasteiger partial charge in [-0.25, -0.2) is 0 Å². The number of rotatable bonds is 3. The van der Waals surface area contributed by atoms with Crippen LogP contribution in [0.4, 0.5) is 5.69 Å². The zero-order valence-electron chi connectivity index (χ0n) is 10.2. The predicted molar refractivity (Wildman–Crippen MR) is 74.4 cm³/mol. The van der Waals surface area contributed by atoms with Crippen molar-refractivity contribution < 1.29 is 9.47 Å². The van der Waals surface area contributed by atoms with Crippen LogP contribution >= 0.6 is 11.6 Å². The Hall–Kier alpha value is -1.87. The van der Waals surface area contributed by atoms with Gasteiger partial charge in [-0.3, -0.25) is 0 Å². The third-order valence-electron chi connectivity index (χ3n) is 2.71. The Kier molecular flexibility index (Phi) is 3.63. The highest BCUT2D eigenvalue weighted by atomic mass is 35.5. The van der Waals surface area contributed by atoms with E-state index in [4.69, 9.17) is 26.8 Å². The van der Waals surface area contributed by atoms with Gasteiger partial charge in [0.05, 0.1) is 24.9 Å². The molecule has 0 spiro atoms. The van der Waals surface area contributed by atoms with E-state index in [1.165, 1.54) is 0 Å². The molecule has 4 heteroatoms. The predicted octanol–water partition coefficient (Wildman–Crippen LogP) is 3.61. The average Bonchev–Trinajstić information content (AvgIpc) is 2.40. The highest BCUT2D eigenvalue weighted by Gasteiger charge is 2.11. The summed E-state index contributed by atoms with van der Waals surface area (Å²) < 4.78 is 10.7. The standard InChI is InChI=1S/C14H14ClNO2/c1-17-13-5-3-4-10(14(13)18-2)9-6-7-12(16)11(15)8-9/h3-8H,16H2,1-2H3. The van der Waals surface area contributed by atoms with E-state index in [0.29, 0.717) is 22.2 Å². The van der Waals surface area contributed by atoms with Crippen molar-refractivity contribution in [3.05, 3.63) is 41.4 Å². The third kappa shape index (κ3) is 2.22. The zero-order valence-corrected chi connectivity index (χ0v) is 11.0. The maximum Gasteiger partial charge on any atom is 0.168 e. The van der Waals surface area contributed by atoms with Gasteiger partial charge in [0.15, 0.2) is 11.5 Å². The van der Waals surface area contributed by atoms with Gasteiger partial charge in [-0.15, -0.1) is 0 Å². The molecular formula is C14H14ClNO2. The van der Waals surface area contributed by atoms with Gasteiger partial charge in [-0.2, -0.15) is 0 Å². The van der Waals surface area contributed by atoms with Crippen molar-refractivity contribution in [2.75, 3.05) is 20.0 Å². The van der Waals surface area contributed by atoms with E-state index in [-0.39, 0.29) is 0 Å². The van der Waals surface area contributed by atoms with Gasteiger partial charge >= 0.3 is 0 Å². The van der Waals surface area contributed by atoms with Gasteiger partial charge in [0.1, 0.15) is 0 Å². The van der Waals surface area contributed by atoms with Crippen LogP contribution in [0.25, 0.3) is 11.1 Å². The van der Waals surface area contributed by atoms with Gasteiger partial charge in [0, 0.05) is 5.56 Å². The fraction of sp³-hybridized carbons (Fsp3) is 0.143. The first-order valence-corrected chi connectivity index (χ1v) is 5.81. The lowest BCUT2D eigenvalue weighted by Crippen LogP contribution is -1.93. The van der Waals surface area contributed by atoms with Crippen molar-refractivity contribution in [1.29, 1.82) is 0 Å². The number of para-hydroxylation sites is 1. The molecule has 0 bridgehead atoms. The summed E-state index contributed by atoms with van der Waals surface area (Å²) in [5.41, 5.74) is 8.11. The lowest BCUT2D eigenvalue weighted by molar-refractivity contribution is 0.356. The van der Waals surface area contributed by atoms with Gasteiger partial charge in [-0.05, 0) is 23.8 Å². The van der Waals surface area contributed by atoms with Crippen LogP contribution < -0.4 is 15.2 Å². The lowest BCUT2D eigenvalue weighted by atomic mass is 10.0. The SMILES string of the molecule is COc1cccc(-c2ccc(N)c(Cl)c2)c1OC. The van der Waals surface area contributed by atoms with Crippen LogP contribution in [0.15, 0.2) is 36.4 Å². The number of benzene rings is 2. The molecule has 2 aromatic carbocycles. The number of hydrogen-bond acceptors (Lipinski definition) is 3. The quantitative estimate of drug-likeness (QED) is 0.861. The minimum absolute atomic E-state index is 0.525. The number of nitrogens with two attached hydrogens (primary N) is 1. The Morgan fingerprint density at radius 3 is 2.44 bits per heavy atom. The average molecular weight is 264 g/mol. The number of hydrogen-bond donors (Lipinski definition) is 1. The second kappa shape index (κ2) is 5.19. The molecule has 0 unspecified atom stereocenters. The largest absolute Gasteiger partial charge is 0.493 e. The number of nitrogen functional groups attached to an aromatic ring is 1. The van der Waals surface area contributed by atoms with Gasteiger partial charge in [-0.1, -0.05) is 29.8 Å². The monoisotopic (exact) mass is 263 g/mol. The van der Waals surface area contributed by atoms with Crippen molar-refractivity contribution in [1.82, 2.24) is 0 Å². The highest BCUT2D eigenvalue weighted by Crippen LogP contribution is 2.39. The van der Waals surface area contributed by atoms with Crippen LogP contribution in [0, 0.1) is 0 Å². The van der Waals surface area contributed by atoms with Crippen LogP contribution in [0.3, 0.4) is 0 Å². The van der Waals surface area contributed by atoms with Gasteiger partial charge < -0.3 is 15.2 Å². The maximum absolute atomic E-state index is 6.04. The number of anilines is 1. The fourth-order valence-electron chi connectivity index (χ4n) is 1.81. The molecule has 0 saturated heterocycles. The zero-order chi connectivity index (χ0) is 13.1. The summed E-state index contributed by atoms with van der Waals surface area (Å²) in [6.45, 7) is 0. The third-order valence-corrected chi connectivity index (χ3v) is 3.04. The smallest absolute Gasteiger partial charge is 0.168 e. The molecule has 0 radical (unpaired) electrons. The maximum atomic E-state index is 6.04. The highest BCUT2D eigenvalue weighted by molar-refractivity contribution is 6.33. The molecule has 0 aliphatic carbocycles. The first-order chi connectivity index (χ1) is 8.67. The van der Waals surface area contributed by atoms with Crippen LogP contribution in [0.5, 0.6) is 11.5 Å². The molecule has 0 aromatic heterocycles. The minimum atomic E-state index is 0.525. The van der Waals surface area contributed by atoms with E-state index in [9.17, 15) is 0 Å². The molecule has 2 aromatic rings.